The standard InChI is InChI=1S/C25H25ClN2O3/c1-25(2,24(30)31)20-12-17(11-19(15-20)18-7-9-28-10-8-18)14-23(29)22(27)13-16-3-5-21(26)6-4-16/h3-12,15,22H,13-14,27H2,1-2H3,(H,30,31)/t22-/m0/s1. The molecule has 0 spiro atoms. The van der Waals surface area contributed by atoms with Gasteiger partial charge in [-0.05, 0) is 72.4 Å². The highest BCUT2D eigenvalue weighted by molar-refractivity contribution is 6.30. The molecule has 0 amide bonds. The monoisotopic (exact) mass is 436 g/mol. The molecule has 0 bridgehead atoms. The number of aromatic nitrogens is 1. The van der Waals surface area contributed by atoms with Gasteiger partial charge in [0.1, 0.15) is 0 Å². The quantitative estimate of drug-likeness (QED) is 0.544. The molecule has 6 heteroatoms. The zero-order valence-corrected chi connectivity index (χ0v) is 18.3. The Morgan fingerprint density at radius 1 is 1.00 bits per heavy atom. The Hall–Kier alpha value is -3.02. The van der Waals surface area contributed by atoms with E-state index in [-0.39, 0.29) is 12.2 Å². The second-order valence-electron chi connectivity index (χ2n) is 8.16. The molecule has 0 saturated carbocycles. The molecule has 31 heavy (non-hydrogen) atoms. The smallest absolute Gasteiger partial charge is 0.313 e. The molecule has 160 valence electrons. The third-order valence-electron chi connectivity index (χ3n) is 5.42. The van der Waals surface area contributed by atoms with Gasteiger partial charge in [0.05, 0.1) is 11.5 Å². The van der Waals surface area contributed by atoms with E-state index in [0.29, 0.717) is 17.0 Å². The van der Waals surface area contributed by atoms with Crippen LogP contribution in [0.5, 0.6) is 0 Å². The number of nitrogens with zero attached hydrogens (tertiary/aromatic N) is 1. The van der Waals surface area contributed by atoms with Crippen LogP contribution in [0.2, 0.25) is 5.02 Å². The Kier molecular flexibility index (Phi) is 6.88. The highest BCUT2D eigenvalue weighted by Gasteiger charge is 2.30. The maximum atomic E-state index is 12.8. The summed E-state index contributed by atoms with van der Waals surface area (Å²) in [5.41, 5.74) is 9.10. The lowest BCUT2D eigenvalue weighted by Gasteiger charge is -2.22. The highest BCUT2D eigenvalue weighted by Crippen LogP contribution is 2.30. The Labute approximate surface area is 186 Å². The van der Waals surface area contributed by atoms with E-state index in [0.717, 1.165) is 22.3 Å². The van der Waals surface area contributed by atoms with E-state index in [1.807, 2.05) is 36.4 Å². The predicted octanol–water partition coefficient (Wildman–Crippen LogP) is 4.45. The van der Waals surface area contributed by atoms with E-state index in [1.54, 1.807) is 44.4 Å². The summed E-state index contributed by atoms with van der Waals surface area (Å²) >= 11 is 5.91. The SMILES string of the molecule is CC(C)(C(=O)O)c1cc(CC(=O)[C@@H](N)Cc2ccc(Cl)cc2)cc(-c2ccncc2)c1. The molecular weight excluding hydrogens is 412 g/mol. The Bertz CT molecular complexity index is 1080. The van der Waals surface area contributed by atoms with Crippen LogP contribution in [0.15, 0.2) is 67.0 Å². The number of ketones is 1. The van der Waals surface area contributed by atoms with Crippen LogP contribution < -0.4 is 5.73 Å². The van der Waals surface area contributed by atoms with Crippen LogP contribution in [0.4, 0.5) is 0 Å². The van der Waals surface area contributed by atoms with Gasteiger partial charge in [-0.2, -0.15) is 0 Å². The van der Waals surface area contributed by atoms with Crippen molar-refractivity contribution in [3.8, 4) is 11.1 Å². The number of carbonyl (C=O) groups excluding carboxylic acids is 1. The molecule has 0 saturated heterocycles. The molecule has 0 fully saturated rings. The number of nitrogens with two attached hydrogens (primary N) is 1. The maximum absolute atomic E-state index is 12.8. The fraction of sp³-hybridized carbons (Fsp3) is 0.240. The molecule has 0 unspecified atom stereocenters. The first-order valence-electron chi connectivity index (χ1n) is 9.98. The number of benzene rings is 2. The minimum absolute atomic E-state index is 0.110. The second kappa shape index (κ2) is 9.41. The number of carboxylic acid groups (broad SMARTS) is 1. The van der Waals surface area contributed by atoms with Crippen LogP contribution >= 0.6 is 11.6 Å². The lowest BCUT2D eigenvalue weighted by molar-refractivity contribution is -0.142. The third kappa shape index (κ3) is 5.57. The van der Waals surface area contributed by atoms with Gasteiger partial charge in [0, 0.05) is 23.8 Å². The van der Waals surface area contributed by atoms with E-state index in [1.165, 1.54) is 0 Å². The molecule has 3 N–H and O–H groups in total. The largest absolute Gasteiger partial charge is 0.481 e. The van der Waals surface area contributed by atoms with Crippen molar-refractivity contribution in [1.29, 1.82) is 0 Å². The number of carbonyl (C=O) groups is 2. The first-order chi connectivity index (χ1) is 14.7. The molecule has 1 atom stereocenters. The van der Waals surface area contributed by atoms with Crippen LogP contribution in [0, 0.1) is 0 Å². The van der Waals surface area contributed by atoms with Gasteiger partial charge in [-0.3, -0.25) is 14.6 Å². The maximum Gasteiger partial charge on any atom is 0.313 e. The van der Waals surface area contributed by atoms with Gasteiger partial charge in [0.25, 0.3) is 0 Å². The number of hydrogen-bond acceptors (Lipinski definition) is 4. The van der Waals surface area contributed by atoms with Crippen LogP contribution in [-0.4, -0.2) is 27.9 Å². The van der Waals surface area contributed by atoms with E-state index in [2.05, 4.69) is 4.98 Å². The van der Waals surface area contributed by atoms with Crippen LogP contribution in [0.1, 0.15) is 30.5 Å². The van der Waals surface area contributed by atoms with Gasteiger partial charge in [-0.1, -0.05) is 41.9 Å². The van der Waals surface area contributed by atoms with Gasteiger partial charge in [0.2, 0.25) is 0 Å². The van der Waals surface area contributed by atoms with Crippen LogP contribution in [-0.2, 0) is 27.8 Å². The van der Waals surface area contributed by atoms with Crippen molar-refractivity contribution in [2.45, 2.75) is 38.1 Å². The van der Waals surface area contributed by atoms with Gasteiger partial charge >= 0.3 is 5.97 Å². The molecule has 0 aliphatic rings. The van der Waals surface area contributed by atoms with Gasteiger partial charge in [-0.25, -0.2) is 0 Å². The Balaban J connectivity index is 1.89. The summed E-state index contributed by atoms with van der Waals surface area (Å²) < 4.78 is 0. The fourth-order valence-corrected chi connectivity index (χ4v) is 3.44. The van der Waals surface area contributed by atoms with Crippen molar-refractivity contribution < 1.29 is 14.7 Å². The normalized spacial score (nSPS) is 12.4. The number of pyridine rings is 1. The van der Waals surface area contributed by atoms with Crippen molar-refractivity contribution >= 4 is 23.4 Å². The van der Waals surface area contributed by atoms with E-state index < -0.39 is 17.4 Å². The lowest BCUT2D eigenvalue weighted by atomic mass is 9.81. The number of halogens is 1. The number of hydrogen-bond donors (Lipinski definition) is 2. The summed E-state index contributed by atoms with van der Waals surface area (Å²) in [5, 5.41) is 10.3. The average Bonchev–Trinajstić information content (AvgIpc) is 2.75. The molecule has 3 rings (SSSR count). The number of Topliss-reactive ketones (excluding diaryl/α,β-unsaturated/α-hetero) is 1. The van der Waals surface area contributed by atoms with Gasteiger partial charge in [0.15, 0.2) is 5.78 Å². The van der Waals surface area contributed by atoms with Gasteiger partial charge in [-0.15, -0.1) is 0 Å². The van der Waals surface area contributed by atoms with E-state index in [4.69, 9.17) is 17.3 Å². The second-order valence-corrected chi connectivity index (χ2v) is 8.60. The lowest BCUT2D eigenvalue weighted by Crippen LogP contribution is -2.34. The van der Waals surface area contributed by atoms with Crippen molar-refractivity contribution in [1.82, 2.24) is 4.98 Å². The molecule has 3 aromatic rings. The van der Waals surface area contributed by atoms with E-state index in [9.17, 15) is 14.7 Å². The fourth-order valence-electron chi connectivity index (χ4n) is 3.31. The van der Waals surface area contributed by atoms with Crippen molar-refractivity contribution in [2.24, 2.45) is 5.73 Å². The summed E-state index contributed by atoms with van der Waals surface area (Å²) in [6.07, 6.45) is 3.89. The first kappa shape index (κ1) is 22.7. The topological polar surface area (TPSA) is 93.3 Å². The average molecular weight is 437 g/mol. The number of carboxylic acids is 1. The molecule has 1 heterocycles. The first-order valence-corrected chi connectivity index (χ1v) is 10.4. The van der Waals surface area contributed by atoms with Crippen molar-refractivity contribution in [2.75, 3.05) is 0 Å². The summed E-state index contributed by atoms with van der Waals surface area (Å²) in [5.74, 6) is -1.04. The summed E-state index contributed by atoms with van der Waals surface area (Å²) in [7, 11) is 0. The molecular formula is C25H25ClN2O3. The summed E-state index contributed by atoms with van der Waals surface area (Å²) in [6.45, 7) is 3.30. The zero-order chi connectivity index (χ0) is 22.6. The molecule has 0 aliphatic heterocycles. The van der Waals surface area contributed by atoms with Crippen LogP contribution in [0.3, 0.4) is 0 Å². The summed E-state index contributed by atoms with van der Waals surface area (Å²) in [6, 6.07) is 15.8. The van der Waals surface area contributed by atoms with Gasteiger partial charge < -0.3 is 10.8 Å². The van der Waals surface area contributed by atoms with Crippen LogP contribution in [0.25, 0.3) is 11.1 Å². The minimum atomic E-state index is -1.10. The predicted molar refractivity (Wildman–Crippen MR) is 122 cm³/mol. The molecule has 5 nitrogen and oxygen atoms in total. The Morgan fingerprint density at radius 3 is 2.26 bits per heavy atom. The third-order valence-corrected chi connectivity index (χ3v) is 5.68. The highest BCUT2D eigenvalue weighted by atomic mass is 35.5. The van der Waals surface area contributed by atoms with Crippen molar-refractivity contribution in [3.63, 3.8) is 0 Å². The molecule has 0 aliphatic carbocycles. The molecule has 1 aromatic heterocycles. The van der Waals surface area contributed by atoms with Crippen molar-refractivity contribution in [3.05, 3.63) is 88.7 Å². The zero-order valence-electron chi connectivity index (χ0n) is 17.5. The Morgan fingerprint density at radius 2 is 1.65 bits per heavy atom. The number of rotatable bonds is 8. The molecule has 2 aromatic carbocycles. The molecule has 0 radical (unpaired) electrons. The number of aliphatic carboxylic acids is 1. The summed E-state index contributed by atoms with van der Waals surface area (Å²) in [4.78, 5) is 28.7. The van der Waals surface area contributed by atoms with E-state index >= 15 is 0 Å². The minimum Gasteiger partial charge on any atom is -0.481 e.